The second-order valence-corrected chi connectivity index (χ2v) is 6.84. The van der Waals surface area contributed by atoms with E-state index in [0.29, 0.717) is 22.7 Å². The van der Waals surface area contributed by atoms with Gasteiger partial charge in [-0.2, -0.15) is 4.99 Å². The summed E-state index contributed by atoms with van der Waals surface area (Å²) < 4.78 is 8.27. The molecule has 0 aliphatic heterocycles. The molecule has 4 nitrogen and oxygen atoms in total. The van der Waals surface area contributed by atoms with E-state index in [1.54, 1.807) is 31.4 Å². The molecule has 0 unspecified atom stereocenters. The zero-order valence-corrected chi connectivity index (χ0v) is 15.4. The summed E-state index contributed by atoms with van der Waals surface area (Å²) in [5, 5.41) is 0. The molecule has 0 radical (unpaired) electrons. The van der Waals surface area contributed by atoms with E-state index in [4.69, 9.17) is 4.74 Å². The molecule has 0 saturated heterocycles. The van der Waals surface area contributed by atoms with Crippen molar-refractivity contribution in [3.8, 4) is 5.75 Å². The third kappa shape index (κ3) is 3.42. The number of amides is 1. The van der Waals surface area contributed by atoms with Crippen molar-refractivity contribution in [1.29, 1.82) is 0 Å². The third-order valence-corrected chi connectivity index (χ3v) is 5.19. The van der Waals surface area contributed by atoms with Gasteiger partial charge < -0.3 is 9.30 Å². The van der Waals surface area contributed by atoms with Crippen LogP contribution in [0, 0.1) is 13.8 Å². The Balaban J connectivity index is 2.12. The van der Waals surface area contributed by atoms with Crippen LogP contribution in [0.5, 0.6) is 5.75 Å². The smallest absolute Gasteiger partial charge is 0.279 e. The van der Waals surface area contributed by atoms with E-state index in [1.807, 2.05) is 10.6 Å². The fraction of sp³-hybridized carbons (Fsp3) is 0.200. The molecule has 0 fully saturated rings. The molecule has 0 saturated carbocycles. The first-order valence-electron chi connectivity index (χ1n) is 7.98. The lowest BCUT2D eigenvalue weighted by Gasteiger charge is -2.04. The topological polar surface area (TPSA) is 43.6 Å². The summed E-state index contributed by atoms with van der Waals surface area (Å²) in [6.07, 6.45) is 1.82. The summed E-state index contributed by atoms with van der Waals surface area (Å²) >= 11 is 1.52. The minimum absolute atomic E-state index is 0.263. The number of carbonyl (C=O) groups excluding carboxylic acids is 1. The summed E-state index contributed by atoms with van der Waals surface area (Å²) in [6, 6.07) is 11.3. The second kappa shape index (κ2) is 7.07. The molecule has 0 aliphatic carbocycles. The maximum atomic E-state index is 12.5. The highest BCUT2D eigenvalue weighted by Crippen LogP contribution is 2.22. The number of fused-ring (bicyclic) bond motifs is 1. The van der Waals surface area contributed by atoms with Crippen molar-refractivity contribution in [3.63, 3.8) is 0 Å². The summed E-state index contributed by atoms with van der Waals surface area (Å²) in [5.41, 5.74) is 4.06. The first kappa shape index (κ1) is 17.2. The third-order valence-electron chi connectivity index (χ3n) is 4.14. The van der Waals surface area contributed by atoms with Gasteiger partial charge in [0.25, 0.3) is 5.91 Å². The normalized spacial score (nSPS) is 11.7. The largest absolute Gasteiger partial charge is 0.497 e. The van der Waals surface area contributed by atoms with Gasteiger partial charge in [0.05, 0.1) is 17.3 Å². The number of aryl methyl sites for hydroxylation is 2. The number of benzene rings is 2. The molecule has 25 heavy (non-hydrogen) atoms. The van der Waals surface area contributed by atoms with Gasteiger partial charge in [0.2, 0.25) is 0 Å². The quantitative estimate of drug-likeness (QED) is 0.659. The summed E-state index contributed by atoms with van der Waals surface area (Å²) in [4.78, 5) is 17.6. The minimum Gasteiger partial charge on any atom is -0.497 e. The highest BCUT2D eigenvalue weighted by atomic mass is 32.1. The van der Waals surface area contributed by atoms with Gasteiger partial charge in [-0.25, -0.2) is 0 Å². The molecule has 5 heteroatoms. The Morgan fingerprint density at radius 3 is 2.56 bits per heavy atom. The van der Waals surface area contributed by atoms with Gasteiger partial charge in [-0.05, 0) is 61.4 Å². The standard InChI is InChI=1S/C20H20N2O2S/c1-5-10-22-17-11-13(2)14(3)12-18(17)25-20(22)21-19(23)15-6-8-16(24-4)9-7-15/h5-9,11-12H,1,10H2,2-4H3. The highest BCUT2D eigenvalue weighted by Gasteiger charge is 2.10. The average Bonchev–Trinajstić information content (AvgIpc) is 2.92. The van der Waals surface area contributed by atoms with E-state index in [-0.39, 0.29) is 5.91 Å². The molecule has 1 aromatic heterocycles. The molecule has 1 amide bonds. The lowest BCUT2D eigenvalue weighted by Crippen LogP contribution is -2.16. The molecule has 3 rings (SSSR count). The molecular weight excluding hydrogens is 332 g/mol. The predicted molar refractivity (Wildman–Crippen MR) is 102 cm³/mol. The van der Waals surface area contributed by atoms with Crippen LogP contribution in [0.25, 0.3) is 10.2 Å². The van der Waals surface area contributed by atoms with Gasteiger partial charge in [-0.15, -0.1) is 6.58 Å². The van der Waals surface area contributed by atoms with Crippen molar-refractivity contribution in [2.24, 2.45) is 4.99 Å². The predicted octanol–water partition coefficient (Wildman–Crippen LogP) is 4.26. The Morgan fingerprint density at radius 2 is 1.92 bits per heavy atom. The minimum atomic E-state index is -0.263. The number of ether oxygens (including phenoxy) is 1. The van der Waals surface area contributed by atoms with Gasteiger partial charge in [-0.3, -0.25) is 4.79 Å². The van der Waals surface area contributed by atoms with Crippen molar-refractivity contribution in [2.45, 2.75) is 20.4 Å². The number of carbonyl (C=O) groups is 1. The van der Waals surface area contributed by atoms with E-state index in [2.05, 4.69) is 37.6 Å². The van der Waals surface area contributed by atoms with Gasteiger partial charge in [-0.1, -0.05) is 17.4 Å². The van der Waals surface area contributed by atoms with Crippen LogP contribution in [-0.4, -0.2) is 17.6 Å². The van der Waals surface area contributed by atoms with Crippen LogP contribution in [0.4, 0.5) is 0 Å². The number of aromatic nitrogens is 1. The fourth-order valence-electron chi connectivity index (χ4n) is 2.60. The molecule has 0 aliphatic rings. The van der Waals surface area contributed by atoms with E-state index in [0.717, 1.165) is 10.2 Å². The molecule has 0 N–H and O–H groups in total. The van der Waals surface area contributed by atoms with Crippen molar-refractivity contribution >= 4 is 27.5 Å². The van der Waals surface area contributed by atoms with Crippen molar-refractivity contribution in [1.82, 2.24) is 4.57 Å². The second-order valence-electron chi connectivity index (χ2n) is 5.83. The Labute approximate surface area is 150 Å². The molecule has 0 spiro atoms. The van der Waals surface area contributed by atoms with Crippen LogP contribution >= 0.6 is 11.3 Å². The van der Waals surface area contributed by atoms with Crippen LogP contribution < -0.4 is 9.54 Å². The van der Waals surface area contributed by atoms with Crippen molar-refractivity contribution in [3.05, 3.63) is 70.5 Å². The first-order valence-corrected chi connectivity index (χ1v) is 8.79. The number of thiazole rings is 1. The lowest BCUT2D eigenvalue weighted by atomic mass is 10.1. The number of hydrogen-bond donors (Lipinski definition) is 0. The summed E-state index contributed by atoms with van der Waals surface area (Å²) in [7, 11) is 1.60. The molecule has 3 aromatic rings. The van der Waals surface area contributed by atoms with Crippen LogP contribution in [0.1, 0.15) is 21.5 Å². The van der Waals surface area contributed by atoms with E-state index in [1.165, 1.54) is 22.5 Å². The zero-order chi connectivity index (χ0) is 18.0. The molecule has 2 aromatic carbocycles. The summed E-state index contributed by atoms with van der Waals surface area (Å²) in [6.45, 7) is 8.61. The monoisotopic (exact) mass is 352 g/mol. The molecule has 1 heterocycles. The lowest BCUT2D eigenvalue weighted by molar-refractivity contribution is 0.0998. The number of rotatable bonds is 4. The van der Waals surface area contributed by atoms with Crippen LogP contribution in [0.3, 0.4) is 0 Å². The van der Waals surface area contributed by atoms with E-state index in [9.17, 15) is 4.79 Å². The molecule has 128 valence electrons. The van der Waals surface area contributed by atoms with Crippen LogP contribution in [0.2, 0.25) is 0 Å². The Morgan fingerprint density at radius 1 is 1.24 bits per heavy atom. The van der Waals surface area contributed by atoms with Crippen LogP contribution in [-0.2, 0) is 6.54 Å². The Hall–Kier alpha value is -2.66. The fourth-order valence-corrected chi connectivity index (χ4v) is 3.72. The molecule has 0 bridgehead atoms. The molecular formula is C20H20N2O2S. The number of methoxy groups -OCH3 is 1. The molecule has 0 atom stereocenters. The Bertz CT molecular complexity index is 1010. The van der Waals surface area contributed by atoms with Gasteiger partial charge in [0.1, 0.15) is 5.75 Å². The van der Waals surface area contributed by atoms with Gasteiger partial charge in [0.15, 0.2) is 4.80 Å². The van der Waals surface area contributed by atoms with Crippen molar-refractivity contribution < 1.29 is 9.53 Å². The SMILES string of the molecule is C=CCn1c(=NC(=O)c2ccc(OC)cc2)sc2cc(C)c(C)cc21. The number of hydrogen-bond acceptors (Lipinski definition) is 3. The average molecular weight is 352 g/mol. The number of nitrogens with zero attached hydrogens (tertiary/aromatic N) is 2. The zero-order valence-electron chi connectivity index (χ0n) is 14.6. The van der Waals surface area contributed by atoms with Crippen LogP contribution in [0.15, 0.2) is 54.0 Å². The maximum absolute atomic E-state index is 12.5. The maximum Gasteiger partial charge on any atom is 0.279 e. The van der Waals surface area contributed by atoms with Crippen molar-refractivity contribution in [2.75, 3.05) is 7.11 Å². The number of allylic oxidation sites excluding steroid dienone is 1. The Kier molecular flexibility index (Phi) is 4.86. The van der Waals surface area contributed by atoms with E-state index < -0.39 is 0 Å². The highest BCUT2D eigenvalue weighted by molar-refractivity contribution is 7.16. The van der Waals surface area contributed by atoms with E-state index >= 15 is 0 Å². The first-order chi connectivity index (χ1) is 12.0. The van der Waals surface area contributed by atoms with Gasteiger partial charge >= 0.3 is 0 Å². The summed E-state index contributed by atoms with van der Waals surface area (Å²) in [5.74, 6) is 0.451. The van der Waals surface area contributed by atoms with Gasteiger partial charge in [0, 0.05) is 12.1 Å².